The molecule has 0 saturated heterocycles. The van der Waals surface area contributed by atoms with Crippen LogP contribution in [0.25, 0.3) is 10.2 Å². The predicted octanol–water partition coefficient (Wildman–Crippen LogP) is 4.89. The lowest BCUT2D eigenvalue weighted by atomic mass is 10.1. The molecule has 2 heterocycles. The fourth-order valence-electron chi connectivity index (χ4n) is 2.40. The Balaban J connectivity index is 1.99. The third kappa shape index (κ3) is 3.30. The molecule has 0 fully saturated rings. The summed E-state index contributed by atoms with van der Waals surface area (Å²) in [7, 11) is 0. The summed E-state index contributed by atoms with van der Waals surface area (Å²) in [5, 5.41) is 12.9. The molecular weight excluding hydrogens is 353 g/mol. The molecule has 0 aliphatic heterocycles. The van der Waals surface area contributed by atoms with E-state index < -0.39 is 17.8 Å². The molecule has 25 heavy (non-hydrogen) atoms. The second kappa shape index (κ2) is 6.03. The number of hydrogen-bond donors (Lipinski definition) is 2. The fourth-order valence-corrected chi connectivity index (χ4v) is 3.48. The molecule has 0 bridgehead atoms. The highest BCUT2D eigenvalue weighted by Gasteiger charge is 2.33. The number of phenols is 1. The number of carbonyl (C=O) groups excluding carboxylic acids is 1. The average molecular weight is 366 g/mol. The average Bonchev–Trinajstić information content (AvgIpc) is 2.87. The Morgan fingerprint density at radius 2 is 1.92 bits per heavy atom. The van der Waals surface area contributed by atoms with Crippen LogP contribution in [0.3, 0.4) is 0 Å². The lowest BCUT2D eigenvalue weighted by Gasteiger charge is -2.07. The maximum absolute atomic E-state index is 12.8. The number of aryl methyl sites for hydroxylation is 2. The van der Waals surface area contributed by atoms with Crippen LogP contribution < -0.4 is 5.32 Å². The minimum absolute atomic E-state index is 0.0878. The highest BCUT2D eigenvalue weighted by Crippen LogP contribution is 2.35. The highest BCUT2D eigenvalue weighted by molar-refractivity contribution is 7.20. The number of halogens is 3. The van der Waals surface area contributed by atoms with Crippen molar-refractivity contribution in [2.75, 3.05) is 5.32 Å². The summed E-state index contributed by atoms with van der Waals surface area (Å²) < 4.78 is 38.4. The van der Waals surface area contributed by atoms with Crippen molar-refractivity contribution < 1.29 is 23.1 Å². The van der Waals surface area contributed by atoms with Gasteiger partial charge >= 0.3 is 6.18 Å². The number of amides is 1. The highest BCUT2D eigenvalue weighted by atomic mass is 32.1. The number of phenolic OH excluding ortho intramolecular Hbond substituents is 1. The van der Waals surface area contributed by atoms with Crippen LogP contribution in [0.1, 0.15) is 26.5 Å². The molecule has 130 valence electrons. The first-order valence-corrected chi connectivity index (χ1v) is 8.07. The minimum atomic E-state index is -4.54. The maximum atomic E-state index is 12.8. The van der Waals surface area contributed by atoms with Crippen molar-refractivity contribution in [3.05, 3.63) is 52.0 Å². The van der Waals surface area contributed by atoms with Crippen LogP contribution in [-0.2, 0) is 6.18 Å². The standard InChI is InChI=1S/C17H13F3N2O2S/c1-8-3-5-12(23)11(7-8)21-15(24)14-9(2)10-4-6-13(17(18,19)20)22-16(10)25-14/h3-7,23H,1-2H3,(H,21,24). The van der Waals surface area contributed by atoms with E-state index in [-0.39, 0.29) is 21.1 Å². The predicted molar refractivity (Wildman–Crippen MR) is 90.2 cm³/mol. The van der Waals surface area contributed by atoms with Gasteiger partial charge in [0, 0.05) is 5.39 Å². The Hall–Kier alpha value is -2.61. The van der Waals surface area contributed by atoms with E-state index in [1.54, 1.807) is 19.1 Å². The SMILES string of the molecule is Cc1ccc(O)c(NC(=O)c2sc3nc(C(F)(F)F)ccc3c2C)c1. The number of rotatable bonds is 2. The monoisotopic (exact) mass is 366 g/mol. The Morgan fingerprint density at radius 3 is 2.60 bits per heavy atom. The molecule has 0 saturated carbocycles. The molecule has 0 atom stereocenters. The first-order chi connectivity index (χ1) is 11.7. The Labute approximate surface area is 144 Å². The van der Waals surface area contributed by atoms with Crippen molar-refractivity contribution in [3.63, 3.8) is 0 Å². The van der Waals surface area contributed by atoms with Gasteiger partial charge in [0.25, 0.3) is 5.91 Å². The van der Waals surface area contributed by atoms with Crippen molar-refractivity contribution in [1.29, 1.82) is 0 Å². The molecule has 0 spiro atoms. The van der Waals surface area contributed by atoms with Gasteiger partial charge in [-0.15, -0.1) is 11.3 Å². The lowest BCUT2D eigenvalue weighted by Crippen LogP contribution is -2.11. The van der Waals surface area contributed by atoms with E-state index in [9.17, 15) is 23.1 Å². The smallest absolute Gasteiger partial charge is 0.433 e. The molecule has 0 aliphatic carbocycles. The topological polar surface area (TPSA) is 62.2 Å². The summed E-state index contributed by atoms with van der Waals surface area (Å²) in [5.41, 5.74) is 0.638. The van der Waals surface area contributed by atoms with E-state index in [0.717, 1.165) is 23.0 Å². The van der Waals surface area contributed by atoms with Crippen molar-refractivity contribution >= 4 is 33.1 Å². The van der Waals surface area contributed by atoms with Crippen molar-refractivity contribution in [1.82, 2.24) is 4.98 Å². The molecule has 8 heteroatoms. The molecule has 3 aromatic rings. The van der Waals surface area contributed by atoms with Gasteiger partial charge in [-0.05, 0) is 49.2 Å². The van der Waals surface area contributed by atoms with Crippen molar-refractivity contribution in [2.45, 2.75) is 20.0 Å². The van der Waals surface area contributed by atoms with Gasteiger partial charge in [-0.1, -0.05) is 6.07 Å². The number of hydrogen-bond acceptors (Lipinski definition) is 4. The minimum Gasteiger partial charge on any atom is -0.506 e. The molecule has 1 amide bonds. The molecule has 2 aromatic heterocycles. The van der Waals surface area contributed by atoms with Crippen LogP contribution >= 0.6 is 11.3 Å². The Morgan fingerprint density at radius 1 is 1.20 bits per heavy atom. The number of aromatic nitrogens is 1. The third-order valence-corrected chi connectivity index (χ3v) is 4.90. The van der Waals surface area contributed by atoms with Crippen LogP contribution in [0.15, 0.2) is 30.3 Å². The van der Waals surface area contributed by atoms with Crippen LogP contribution in [0.4, 0.5) is 18.9 Å². The molecule has 4 nitrogen and oxygen atoms in total. The number of pyridine rings is 1. The summed E-state index contributed by atoms with van der Waals surface area (Å²) in [4.78, 5) is 16.5. The van der Waals surface area contributed by atoms with E-state index in [1.165, 1.54) is 12.1 Å². The molecule has 0 radical (unpaired) electrons. The largest absolute Gasteiger partial charge is 0.506 e. The number of thiophene rings is 1. The van der Waals surface area contributed by atoms with Crippen LogP contribution in [0, 0.1) is 13.8 Å². The zero-order chi connectivity index (χ0) is 18.4. The van der Waals surface area contributed by atoms with E-state index >= 15 is 0 Å². The molecular formula is C17H13F3N2O2S. The Bertz CT molecular complexity index is 980. The maximum Gasteiger partial charge on any atom is 0.433 e. The number of alkyl halides is 3. The van der Waals surface area contributed by atoms with E-state index in [4.69, 9.17) is 0 Å². The first-order valence-electron chi connectivity index (χ1n) is 7.25. The van der Waals surface area contributed by atoms with Gasteiger partial charge in [0.05, 0.1) is 10.6 Å². The van der Waals surface area contributed by atoms with Gasteiger partial charge in [-0.25, -0.2) is 4.98 Å². The summed E-state index contributed by atoms with van der Waals surface area (Å²) in [6.45, 7) is 3.46. The number of anilines is 1. The second-order valence-electron chi connectivity index (χ2n) is 5.58. The van der Waals surface area contributed by atoms with Gasteiger partial charge < -0.3 is 10.4 Å². The number of aromatic hydroxyl groups is 1. The van der Waals surface area contributed by atoms with Crippen LogP contribution in [-0.4, -0.2) is 16.0 Å². The number of nitrogens with zero attached hydrogens (tertiary/aromatic N) is 1. The van der Waals surface area contributed by atoms with E-state index in [0.29, 0.717) is 10.9 Å². The van der Waals surface area contributed by atoms with Crippen LogP contribution in [0.5, 0.6) is 5.75 Å². The summed E-state index contributed by atoms with van der Waals surface area (Å²) in [6.07, 6.45) is -4.54. The van der Waals surface area contributed by atoms with Crippen molar-refractivity contribution in [2.24, 2.45) is 0 Å². The van der Waals surface area contributed by atoms with Gasteiger partial charge in [-0.3, -0.25) is 4.79 Å². The van der Waals surface area contributed by atoms with Gasteiger partial charge in [0.1, 0.15) is 16.3 Å². The lowest BCUT2D eigenvalue weighted by molar-refractivity contribution is -0.140. The zero-order valence-electron chi connectivity index (χ0n) is 13.2. The number of benzene rings is 1. The molecule has 2 N–H and O–H groups in total. The third-order valence-electron chi connectivity index (χ3n) is 3.70. The number of nitrogens with one attached hydrogen (secondary N) is 1. The summed E-state index contributed by atoms with van der Waals surface area (Å²) in [5.74, 6) is -0.592. The van der Waals surface area contributed by atoms with Gasteiger partial charge in [-0.2, -0.15) is 13.2 Å². The normalized spacial score (nSPS) is 11.7. The number of carbonyl (C=O) groups is 1. The van der Waals surface area contributed by atoms with Crippen molar-refractivity contribution in [3.8, 4) is 5.75 Å². The molecule has 0 aliphatic rings. The summed E-state index contributed by atoms with van der Waals surface area (Å²) in [6, 6.07) is 6.97. The number of fused-ring (bicyclic) bond motifs is 1. The van der Waals surface area contributed by atoms with Gasteiger partial charge in [0.2, 0.25) is 0 Å². The molecule has 1 aromatic carbocycles. The fraction of sp³-hybridized carbons (Fsp3) is 0.176. The van der Waals surface area contributed by atoms with Gasteiger partial charge in [0.15, 0.2) is 0 Å². The Kier molecular flexibility index (Phi) is 4.16. The van der Waals surface area contributed by atoms with Crippen LogP contribution in [0.2, 0.25) is 0 Å². The summed E-state index contributed by atoms with van der Waals surface area (Å²) >= 11 is 0.887. The van der Waals surface area contributed by atoms with E-state index in [2.05, 4.69) is 10.3 Å². The molecule has 3 rings (SSSR count). The molecule has 0 unspecified atom stereocenters. The quantitative estimate of drug-likeness (QED) is 0.635. The second-order valence-corrected chi connectivity index (χ2v) is 6.58. The zero-order valence-corrected chi connectivity index (χ0v) is 14.0. The first kappa shape index (κ1) is 17.2. The van der Waals surface area contributed by atoms with E-state index in [1.807, 2.05) is 6.92 Å².